The first-order valence-electron chi connectivity index (χ1n) is 5.01. The fourth-order valence-corrected chi connectivity index (χ4v) is 2.18. The molecule has 1 N–H and O–H groups in total. The van der Waals surface area contributed by atoms with Gasteiger partial charge in [-0.3, -0.25) is 0 Å². The molecular formula is C13H7ClO3. The van der Waals surface area contributed by atoms with Crippen molar-refractivity contribution in [2.75, 3.05) is 0 Å². The van der Waals surface area contributed by atoms with E-state index in [2.05, 4.69) is 0 Å². The van der Waals surface area contributed by atoms with Gasteiger partial charge in [-0.2, -0.15) is 0 Å². The number of aromatic hydroxyl groups is 1. The third-order valence-corrected chi connectivity index (χ3v) is 3.08. The number of rotatable bonds is 0. The normalized spacial score (nSPS) is 11.1. The predicted molar refractivity (Wildman–Crippen MR) is 66.7 cm³/mol. The van der Waals surface area contributed by atoms with Crippen molar-refractivity contribution in [3.05, 3.63) is 51.8 Å². The summed E-state index contributed by atoms with van der Waals surface area (Å²) < 4.78 is 5.16. The second-order valence-electron chi connectivity index (χ2n) is 3.71. The first-order chi connectivity index (χ1) is 8.18. The zero-order chi connectivity index (χ0) is 12.0. The van der Waals surface area contributed by atoms with Gasteiger partial charge in [0.1, 0.15) is 11.3 Å². The maximum atomic E-state index is 11.7. The van der Waals surface area contributed by atoms with Crippen molar-refractivity contribution in [3.63, 3.8) is 0 Å². The Morgan fingerprint density at radius 1 is 1.06 bits per heavy atom. The summed E-state index contributed by atoms with van der Waals surface area (Å²) in [6, 6.07) is 9.94. The van der Waals surface area contributed by atoms with E-state index in [4.69, 9.17) is 16.0 Å². The van der Waals surface area contributed by atoms with Gasteiger partial charge in [-0.05, 0) is 18.2 Å². The molecule has 84 valence electrons. The quantitative estimate of drug-likeness (QED) is 0.489. The van der Waals surface area contributed by atoms with Crippen molar-refractivity contribution >= 4 is 33.3 Å². The Labute approximate surface area is 101 Å². The van der Waals surface area contributed by atoms with Gasteiger partial charge in [0.25, 0.3) is 0 Å². The number of benzene rings is 2. The maximum Gasteiger partial charge on any atom is 0.344 e. The molecule has 2 aromatic carbocycles. The van der Waals surface area contributed by atoms with Gasteiger partial charge in [-0.1, -0.05) is 29.8 Å². The number of fused-ring (bicyclic) bond motifs is 3. The van der Waals surface area contributed by atoms with Gasteiger partial charge < -0.3 is 9.52 Å². The van der Waals surface area contributed by atoms with Crippen LogP contribution in [0.5, 0.6) is 5.75 Å². The third kappa shape index (κ3) is 1.40. The lowest BCUT2D eigenvalue weighted by Gasteiger charge is -2.05. The highest BCUT2D eigenvalue weighted by atomic mass is 35.5. The van der Waals surface area contributed by atoms with E-state index in [-0.39, 0.29) is 10.8 Å². The summed E-state index contributed by atoms with van der Waals surface area (Å²) in [5.74, 6) is -0.0295. The summed E-state index contributed by atoms with van der Waals surface area (Å²) in [6.45, 7) is 0. The highest BCUT2D eigenvalue weighted by Crippen LogP contribution is 2.35. The molecule has 0 radical (unpaired) electrons. The van der Waals surface area contributed by atoms with Crippen molar-refractivity contribution in [3.8, 4) is 5.75 Å². The molecule has 1 heterocycles. The van der Waals surface area contributed by atoms with E-state index >= 15 is 0 Å². The highest BCUT2D eigenvalue weighted by Gasteiger charge is 2.12. The lowest BCUT2D eigenvalue weighted by atomic mass is 10.1. The summed E-state index contributed by atoms with van der Waals surface area (Å²) in [5, 5.41) is 11.5. The largest absolute Gasteiger partial charge is 0.506 e. The average Bonchev–Trinajstić information content (AvgIpc) is 2.34. The Kier molecular flexibility index (Phi) is 2.09. The summed E-state index contributed by atoms with van der Waals surface area (Å²) in [7, 11) is 0. The molecule has 0 fully saturated rings. The van der Waals surface area contributed by atoms with E-state index in [9.17, 15) is 9.90 Å². The number of phenolic OH excluding ortho intramolecular Hbond substituents is 1. The molecule has 0 atom stereocenters. The van der Waals surface area contributed by atoms with Crippen molar-refractivity contribution in [1.82, 2.24) is 0 Å². The van der Waals surface area contributed by atoms with Gasteiger partial charge in [0, 0.05) is 10.8 Å². The van der Waals surface area contributed by atoms with Crippen molar-refractivity contribution < 1.29 is 9.52 Å². The van der Waals surface area contributed by atoms with Gasteiger partial charge in [-0.25, -0.2) is 4.79 Å². The van der Waals surface area contributed by atoms with E-state index in [0.717, 1.165) is 0 Å². The molecule has 0 unspecified atom stereocenters. The van der Waals surface area contributed by atoms with Gasteiger partial charge in [0.2, 0.25) is 0 Å². The lowest BCUT2D eigenvalue weighted by molar-refractivity contribution is 0.475. The van der Waals surface area contributed by atoms with Crippen LogP contribution >= 0.6 is 11.6 Å². The molecule has 3 aromatic rings. The fraction of sp³-hybridized carbons (Fsp3) is 0. The van der Waals surface area contributed by atoms with E-state index in [0.29, 0.717) is 21.7 Å². The van der Waals surface area contributed by atoms with E-state index in [1.165, 1.54) is 12.1 Å². The SMILES string of the molecule is O=c1oc2ccc(O)c(Cl)c2c2ccccc12. The van der Waals surface area contributed by atoms with Crippen LogP contribution in [-0.2, 0) is 0 Å². The number of hydrogen-bond acceptors (Lipinski definition) is 3. The van der Waals surface area contributed by atoms with E-state index in [1.54, 1.807) is 18.2 Å². The van der Waals surface area contributed by atoms with E-state index in [1.807, 2.05) is 6.07 Å². The Hall–Kier alpha value is -2.00. The minimum atomic E-state index is -0.408. The summed E-state index contributed by atoms with van der Waals surface area (Å²) >= 11 is 6.05. The van der Waals surface area contributed by atoms with Crippen LogP contribution in [0.2, 0.25) is 5.02 Å². The maximum absolute atomic E-state index is 11.7. The average molecular weight is 247 g/mol. The van der Waals surface area contributed by atoms with Crippen LogP contribution in [0.1, 0.15) is 0 Å². The van der Waals surface area contributed by atoms with Crippen molar-refractivity contribution in [2.45, 2.75) is 0 Å². The van der Waals surface area contributed by atoms with Crippen LogP contribution in [-0.4, -0.2) is 5.11 Å². The molecular weight excluding hydrogens is 240 g/mol. The topological polar surface area (TPSA) is 50.4 Å². The summed E-state index contributed by atoms with van der Waals surface area (Å²) in [4.78, 5) is 11.7. The first-order valence-corrected chi connectivity index (χ1v) is 5.39. The van der Waals surface area contributed by atoms with Crippen LogP contribution < -0.4 is 5.63 Å². The lowest BCUT2D eigenvalue weighted by Crippen LogP contribution is -1.99. The third-order valence-electron chi connectivity index (χ3n) is 2.70. The summed E-state index contributed by atoms with van der Waals surface area (Å²) in [6.07, 6.45) is 0. The highest BCUT2D eigenvalue weighted by molar-refractivity contribution is 6.38. The van der Waals surface area contributed by atoms with Gasteiger partial charge in [0.15, 0.2) is 0 Å². The van der Waals surface area contributed by atoms with Crippen LogP contribution in [0.15, 0.2) is 45.6 Å². The molecule has 1 aromatic heterocycles. The number of halogens is 1. The molecule has 4 heteroatoms. The summed E-state index contributed by atoms with van der Waals surface area (Å²) in [5.41, 5.74) is -0.0358. The molecule has 3 nitrogen and oxygen atoms in total. The van der Waals surface area contributed by atoms with Gasteiger partial charge in [-0.15, -0.1) is 0 Å². The molecule has 17 heavy (non-hydrogen) atoms. The molecule has 3 rings (SSSR count). The fourth-order valence-electron chi connectivity index (χ4n) is 1.92. The molecule has 0 bridgehead atoms. The van der Waals surface area contributed by atoms with E-state index < -0.39 is 5.63 Å². The molecule has 0 amide bonds. The minimum absolute atomic E-state index is 0.0295. The Bertz CT molecular complexity index is 790. The molecule has 0 spiro atoms. The predicted octanol–water partition coefficient (Wildman–Crippen LogP) is 3.31. The minimum Gasteiger partial charge on any atom is -0.506 e. The second-order valence-corrected chi connectivity index (χ2v) is 4.08. The standard InChI is InChI=1S/C13H7ClO3/c14-12-9(15)5-6-10-11(12)7-3-1-2-4-8(7)13(16)17-10/h1-6,15H. The van der Waals surface area contributed by atoms with Crippen LogP contribution in [0.3, 0.4) is 0 Å². The van der Waals surface area contributed by atoms with Crippen molar-refractivity contribution in [1.29, 1.82) is 0 Å². The van der Waals surface area contributed by atoms with Crippen molar-refractivity contribution in [2.24, 2.45) is 0 Å². The molecule has 0 saturated carbocycles. The first kappa shape index (κ1) is 10.2. The van der Waals surface area contributed by atoms with Crippen LogP contribution in [0.4, 0.5) is 0 Å². The zero-order valence-electron chi connectivity index (χ0n) is 8.61. The Morgan fingerprint density at radius 2 is 1.76 bits per heavy atom. The van der Waals surface area contributed by atoms with Crippen LogP contribution in [0, 0.1) is 0 Å². The number of hydrogen-bond donors (Lipinski definition) is 1. The zero-order valence-corrected chi connectivity index (χ0v) is 9.36. The Morgan fingerprint density at radius 3 is 2.53 bits per heavy atom. The molecule has 0 saturated heterocycles. The monoisotopic (exact) mass is 246 g/mol. The molecule has 0 aliphatic heterocycles. The number of phenols is 1. The second kappa shape index (κ2) is 3.50. The van der Waals surface area contributed by atoms with Gasteiger partial charge in [0.05, 0.1) is 10.4 Å². The van der Waals surface area contributed by atoms with Crippen LogP contribution in [0.25, 0.3) is 21.7 Å². The smallest absolute Gasteiger partial charge is 0.344 e. The Balaban J connectivity index is 2.71. The molecule has 0 aliphatic carbocycles. The molecule has 0 aliphatic rings. The van der Waals surface area contributed by atoms with Gasteiger partial charge >= 0.3 is 5.63 Å².